The molecule has 0 saturated heterocycles. The van der Waals surface area contributed by atoms with Gasteiger partial charge in [-0.05, 0) is 113 Å². The Bertz CT molecular complexity index is 4050. The number of methoxy groups -OCH3 is 1. The van der Waals surface area contributed by atoms with Gasteiger partial charge in [-0.2, -0.15) is 26.3 Å². The lowest BCUT2D eigenvalue weighted by molar-refractivity contribution is -0.138. The number of azide groups is 1. The van der Waals surface area contributed by atoms with Gasteiger partial charge in [-0.25, -0.2) is 4.79 Å². The number of carbonyl (C=O) groups is 1. The molecule has 3 N–H and O–H groups in total. The molecule has 408 valence electrons. The van der Waals surface area contributed by atoms with E-state index in [9.17, 15) is 31.1 Å². The monoisotopic (exact) mass is 1120 g/mol. The number of aliphatic hydroxyl groups excluding tert-OH is 1. The fourth-order valence-electron chi connectivity index (χ4n) is 7.62. The first-order valence-corrected chi connectivity index (χ1v) is 24.7. The van der Waals surface area contributed by atoms with Crippen molar-refractivity contribution in [1.82, 2.24) is 29.9 Å². The number of ether oxygens (including phenoxy) is 1. The van der Waals surface area contributed by atoms with Gasteiger partial charge in [-0.1, -0.05) is 102 Å². The number of alkyl halides is 6. The van der Waals surface area contributed by atoms with Gasteiger partial charge in [0, 0.05) is 81.0 Å². The second-order valence-corrected chi connectivity index (χ2v) is 17.6. The number of benzene rings is 6. The molecule has 0 bridgehead atoms. The minimum Gasteiger partial charge on any atom is -0.465 e. The number of nitrogens with two attached hydrogens (primary N) is 1. The Morgan fingerprint density at radius 1 is 0.531 bits per heavy atom. The fraction of sp³-hybridized carbons (Fsp3) is 0.0984. The molecule has 0 spiro atoms. The van der Waals surface area contributed by atoms with Gasteiger partial charge in [-0.3, -0.25) is 29.9 Å². The molecule has 0 aliphatic carbocycles. The summed E-state index contributed by atoms with van der Waals surface area (Å²) in [6, 6.07) is 50.4. The number of hydrogen-bond acceptors (Lipinski definition) is 11. The van der Waals surface area contributed by atoms with Crippen molar-refractivity contribution in [3.63, 3.8) is 0 Å². The summed E-state index contributed by atoms with van der Waals surface area (Å²) < 4.78 is 78.5. The smallest absolute Gasteiger partial charge is 0.416 e. The molecular weight excluding hydrogens is 1070 g/mol. The van der Waals surface area contributed by atoms with E-state index in [1.165, 1.54) is 37.7 Å². The van der Waals surface area contributed by atoms with Gasteiger partial charge < -0.3 is 15.6 Å². The van der Waals surface area contributed by atoms with E-state index >= 15 is 0 Å². The lowest BCUT2D eigenvalue weighted by Crippen LogP contribution is -2.04. The lowest BCUT2D eigenvalue weighted by atomic mass is 10.1. The van der Waals surface area contributed by atoms with Crippen molar-refractivity contribution in [2.24, 2.45) is 10.8 Å². The third-order valence-corrected chi connectivity index (χ3v) is 12.1. The second kappa shape index (κ2) is 28.3. The molecule has 81 heavy (non-hydrogen) atoms. The Hall–Kier alpha value is -9.65. The molecule has 0 atom stereocenters. The zero-order valence-corrected chi connectivity index (χ0v) is 43.6. The van der Waals surface area contributed by atoms with E-state index < -0.39 is 23.5 Å². The Balaban J connectivity index is 0.000000140. The van der Waals surface area contributed by atoms with Crippen LogP contribution in [0.4, 0.5) is 26.3 Å². The molecule has 0 fully saturated rings. The topological polar surface area (TPSA) is 199 Å². The van der Waals surface area contributed by atoms with Crippen molar-refractivity contribution in [3.05, 3.63) is 262 Å². The van der Waals surface area contributed by atoms with Crippen LogP contribution in [0.1, 0.15) is 38.2 Å². The molecule has 6 aromatic carbocycles. The van der Waals surface area contributed by atoms with E-state index in [2.05, 4.69) is 44.7 Å². The van der Waals surface area contributed by atoms with E-state index in [0.29, 0.717) is 40.0 Å². The third kappa shape index (κ3) is 16.9. The van der Waals surface area contributed by atoms with Crippen LogP contribution >= 0.6 is 11.6 Å². The number of aromatic nitrogens is 6. The number of pyridine rings is 6. The molecule has 6 aromatic heterocycles. The number of fused-ring (bicyclic) bond motifs is 6. The van der Waals surface area contributed by atoms with Crippen molar-refractivity contribution in [1.29, 1.82) is 0 Å². The van der Waals surface area contributed by atoms with Crippen molar-refractivity contribution in [2.75, 3.05) is 7.11 Å². The van der Waals surface area contributed by atoms with Gasteiger partial charge in [0.1, 0.15) is 0 Å². The number of hydrogen-bond donors (Lipinski definition) is 2. The molecule has 0 aliphatic rings. The second-order valence-electron chi connectivity index (χ2n) is 17.2. The summed E-state index contributed by atoms with van der Waals surface area (Å²) >= 11 is 5.80. The maximum Gasteiger partial charge on any atom is 0.416 e. The van der Waals surface area contributed by atoms with Crippen LogP contribution < -0.4 is 5.73 Å². The van der Waals surface area contributed by atoms with Gasteiger partial charge in [0.2, 0.25) is 0 Å². The first-order valence-electron chi connectivity index (χ1n) is 24.4. The first kappa shape index (κ1) is 59.0. The Kier molecular flexibility index (Phi) is 20.6. The zero-order chi connectivity index (χ0) is 57.8. The molecule has 20 heteroatoms. The van der Waals surface area contributed by atoms with Crippen LogP contribution in [-0.4, -0.2) is 48.1 Å². The Morgan fingerprint density at radius 2 is 0.926 bits per heavy atom. The minimum atomic E-state index is -4.35. The van der Waals surface area contributed by atoms with Crippen molar-refractivity contribution in [3.8, 4) is 0 Å². The highest BCUT2D eigenvalue weighted by Gasteiger charge is 2.31. The average molecular weight is 1120 g/mol. The summed E-state index contributed by atoms with van der Waals surface area (Å²) in [5.74, 6) is -0.336. The van der Waals surface area contributed by atoms with Crippen LogP contribution in [0.5, 0.6) is 0 Å². The summed E-state index contributed by atoms with van der Waals surface area (Å²) in [5.41, 5.74) is 20.1. The quantitative estimate of drug-likeness (QED) is 0.0549. The normalized spacial score (nSPS) is 10.8. The van der Waals surface area contributed by atoms with Crippen LogP contribution in [0.15, 0.2) is 218 Å². The van der Waals surface area contributed by atoms with E-state index in [1.807, 2.05) is 109 Å². The number of carbonyl (C=O) groups excluding carboxylic acids is 1. The summed E-state index contributed by atoms with van der Waals surface area (Å²) in [7, 11) is 1.37. The van der Waals surface area contributed by atoms with Gasteiger partial charge in [0.15, 0.2) is 0 Å². The molecule has 0 aliphatic heterocycles. The van der Waals surface area contributed by atoms with Gasteiger partial charge in [0.05, 0.1) is 75.1 Å². The maximum absolute atomic E-state index is 12.4. The van der Waals surface area contributed by atoms with Crippen molar-refractivity contribution in [2.45, 2.75) is 32.0 Å². The molecule has 13 nitrogen and oxygen atoms in total. The minimum absolute atomic E-state index is 0.0759. The summed E-state index contributed by atoms with van der Waals surface area (Å²) in [6.45, 7) is 1.03. The highest BCUT2D eigenvalue weighted by molar-refractivity contribution is 6.35. The number of aliphatic hydroxyl groups is 1. The molecule has 0 radical (unpaired) electrons. The van der Waals surface area contributed by atoms with Gasteiger partial charge >= 0.3 is 18.3 Å². The van der Waals surface area contributed by atoms with E-state index in [1.54, 1.807) is 49.1 Å². The summed E-state index contributed by atoms with van der Waals surface area (Å²) in [5, 5.41) is 18.4. The highest BCUT2D eigenvalue weighted by atomic mass is 35.5. The Labute approximate surface area is 464 Å². The predicted molar refractivity (Wildman–Crippen MR) is 303 cm³/mol. The number of rotatable bonds is 5. The molecule has 0 unspecified atom stereocenters. The molecule has 12 aromatic rings. The molecule has 6 heterocycles. The lowest BCUT2D eigenvalue weighted by Gasteiger charge is -2.07. The van der Waals surface area contributed by atoms with Crippen LogP contribution in [0, 0.1) is 0 Å². The first-order chi connectivity index (χ1) is 39.1. The predicted octanol–water partition coefficient (Wildman–Crippen LogP) is 15.6. The molecule has 0 saturated carbocycles. The average Bonchev–Trinajstić information content (AvgIpc) is 3.52. The largest absolute Gasteiger partial charge is 0.465 e. The molecule has 12 rings (SSSR count). The number of esters is 1. The third-order valence-electron chi connectivity index (χ3n) is 11.7. The fourth-order valence-corrected chi connectivity index (χ4v) is 7.83. The molecular formula is C61H47ClF6N10O3. The van der Waals surface area contributed by atoms with Crippen LogP contribution in [0.25, 0.3) is 75.9 Å². The standard InChI is InChI=1S/C11H9NO2.C10H5ClF3N.C10H6F3N.C10H8N4.C10H10N2.C10H9NO/c1-14-11(13)9-5-4-8-3-2-6-12-10(8)7-9;11-8-3-4-15-9-5-6(10(12,13)14)1-2-7(8)9;11-10(12,13)8-4-3-7-2-1-5-14-9(7)6-8;11-14-13-7-8-3-4-9-2-1-5-12-10(9)6-8;11-7-8-3-4-9-2-1-5-12-10(9)6-8;12-7-8-3-4-9-2-1-5-11-10(9)6-8/h2-7H,1H3;1-5H;1-6H;1-6H,7H2;1-6H,7,11H2;1-6,12H,7H2. The SMILES string of the molecule is COC(=O)c1ccc2cccnc2c1.FC(F)(F)c1ccc2c(Cl)ccnc2c1.FC(F)(F)c1ccc2cccnc2c1.NCc1ccc2cccnc2c1.OCc1ccc2cccnc2c1.[N-]=[N+]=NCc1ccc2cccnc2c1. The van der Waals surface area contributed by atoms with Crippen LogP contribution in [0.3, 0.4) is 0 Å². The van der Waals surface area contributed by atoms with E-state index in [0.717, 1.165) is 84.6 Å². The zero-order valence-electron chi connectivity index (χ0n) is 42.8. The maximum atomic E-state index is 12.4. The van der Waals surface area contributed by atoms with Crippen molar-refractivity contribution >= 4 is 83.0 Å². The van der Waals surface area contributed by atoms with Crippen molar-refractivity contribution < 1.29 is 41.0 Å². The van der Waals surface area contributed by atoms with E-state index in [4.69, 9.17) is 28.0 Å². The van der Waals surface area contributed by atoms with Crippen LogP contribution in [0.2, 0.25) is 5.02 Å². The van der Waals surface area contributed by atoms with Crippen LogP contribution in [-0.2, 0) is 36.8 Å². The summed E-state index contributed by atoms with van der Waals surface area (Å²) in [4.78, 5) is 38.4. The number of nitrogens with zero attached hydrogens (tertiary/aromatic N) is 9. The number of halogens is 7. The Morgan fingerprint density at radius 3 is 1.40 bits per heavy atom. The van der Waals surface area contributed by atoms with E-state index in [-0.39, 0.29) is 18.1 Å². The highest BCUT2D eigenvalue weighted by Crippen LogP contribution is 2.33. The van der Waals surface area contributed by atoms with Gasteiger partial charge in [-0.15, -0.1) is 0 Å². The van der Waals surface area contributed by atoms with Gasteiger partial charge in [0.25, 0.3) is 0 Å². The summed E-state index contributed by atoms with van der Waals surface area (Å²) in [6.07, 6.45) is 1.20. The molecule has 0 amide bonds.